The Balaban J connectivity index is 1.24. The van der Waals surface area contributed by atoms with Crippen LogP contribution in [-0.2, 0) is 13.2 Å². The maximum atomic E-state index is 6.36. The largest absolute Gasteiger partial charge is 0.485 e. The average Bonchev–Trinajstić information content (AvgIpc) is 3.38. The molecular formula is C33H27N3O2. The zero-order valence-corrected chi connectivity index (χ0v) is 20.8. The molecule has 6 rings (SSSR count). The van der Waals surface area contributed by atoms with Gasteiger partial charge in [-0.15, -0.1) is 0 Å². The Morgan fingerprint density at radius 1 is 0.658 bits per heavy atom. The fraction of sp³-hybridized carbons (Fsp3) is 0.0606. The second kappa shape index (κ2) is 10.5. The number of hydrogen-bond acceptors (Lipinski definition) is 3. The van der Waals surface area contributed by atoms with Gasteiger partial charge < -0.3 is 20.5 Å². The van der Waals surface area contributed by atoms with E-state index in [2.05, 4.69) is 35.7 Å². The summed E-state index contributed by atoms with van der Waals surface area (Å²) in [6.07, 6.45) is 4.26. The Hall–Kier alpha value is -5.03. The van der Waals surface area contributed by atoms with Gasteiger partial charge in [-0.2, -0.15) is 0 Å². The summed E-state index contributed by atoms with van der Waals surface area (Å²) in [5.74, 6) is 1.58. The van der Waals surface area contributed by atoms with Gasteiger partial charge >= 0.3 is 0 Å². The Kier molecular flexibility index (Phi) is 6.48. The van der Waals surface area contributed by atoms with E-state index >= 15 is 0 Å². The second-order valence-electron chi connectivity index (χ2n) is 9.11. The first-order valence-electron chi connectivity index (χ1n) is 12.6. The molecule has 0 aromatic heterocycles. The van der Waals surface area contributed by atoms with Gasteiger partial charge in [0.25, 0.3) is 0 Å². The molecule has 0 radical (unpaired) electrons. The zero-order valence-electron chi connectivity index (χ0n) is 20.8. The van der Waals surface area contributed by atoms with Gasteiger partial charge in [0.1, 0.15) is 13.2 Å². The van der Waals surface area contributed by atoms with E-state index in [-0.39, 0.29) is 0 Å². The van der Waals surface area contributed by atoms with Crippen molar-refractivity contribution in [1.82, 2.24) is 0 Å². The minimum atomic E-state index is 0.295. The van der Waals surface area contributed by atoms with E-state index in [1.54, 1.807) is 0 Å². The molecule has 5 aromatic carbocycles. The highest BCUT2D eigenvalue weighted by atomic mass is 16.5. The van der Waals surface area contributed by atoms with Crippen molar-refractivity contribution in [2.24, 2.45) is 10.7 Å². The normalized spacial score (nSPS) is 12.1. The lowest BCUT2D eigenvalue weighted by atomic mass is 10.0. The smallest absolute Gasteiger partial charge is 0.198 e. The maximum absolute atomic E-state index is 6.36. The SMILES string of the molecule is NC(=Nc1ccc2c3c(cccc13)C=C2)Nc1ccc(OCc2ccccc2)c(OCc2ccccc2)c1. The van der Waals surface area contributed by atoms with Crippen LogP contribution in [0.15, 0.2) is 114 Å². The summed E-state index contributed by atoms with van der Waals surface area (Å²) < 4.78 is 12.3. The summed E-state index contributed by atoms with van der Waals surface area (Å²) in [6, 6.07) is 36.1. The lowest BCUT2D eigenvalue weighted by Crippen LogP contribution is -2.22. The zero-order chi connectivity index (χ0) is 25.7. The van der Waals surface area contributed by atoms with Gasteiger partial charge in [-0.3, -0.25) is 0 Å². The number of benzene rings is 5. The lowest BCUT2D eigenvalue weighted by Gasteiger charge is -2.15. The standard InChI is InChI=1S/C33H27N3O2/c34-33(36-29-18-16-26-15-14-25-12-7-13-28(29)32(25)26)35-27-17-19-30(37-21-23-8-3-1-4-9-23)31(20-27)38-22-24-10-5-2-6-11-24/h1-20H,21-22H2,(H3,34,35,36). The van der Waals surface area contributed by atoms with Gasteiger partial charge in [-0.1, -0.05) is 97.1 Å². The van der Waals surface area contributed by atoms with E-state index in [1.165, 1.54) is 16.5 Å². The van der Waals surface area contributed by atoms with Gasteiger partial charge in [0, 0.05) is 17.1 Å². The number of hydrogen-bond donors (Lipinski definition) is 2. The minimum absolute atomic E-state index is 0.295. The predicted molar refractivity (Wildman–Crippen MR) is 156 cm³/mol. The molecule has 0 heterocycles. The molecule has 0 saturated heterocycles. The topological polar surface area (TPSA) is 68.9 Å². The summed E-state index contributed by atoms with van der Waals surface area (Å²) >= 11 is 0. The maximum Gasteiger partial charge on any atom is 0.198 e. The van der Waals surface area contributed by atoms with Crippen LogP contribution < -0.4 is 20.5 Å². The van der Waals surface area contributed by atoms with Crippen LogP contribution in [0.25, 0.3) is 22.9 Å². The molecule has 5 heteroatoms. The fourth-order valence-corrected chi connectivity index (χ4v) is 4.60. The highest BCUT2D eigenvalue weighted by molar-refractivity contribution is 6.09. The first-order valence-corrected chi connectivity index (χ1v) is 12.6. The number of nitrogens with one attached hydrogen (secondary N) is 1. The van der Waals surface area contributed by atoms with Crippen molar-refractivity contribution < 1.29 is 9.47 Å². The van der Waals surface area contributed by atoms with Crippen LogP contribution in [0.2, 0.25) is 0 Å². The van der Waals surface area contributed by atoms with Crippen LogP contribution in [0.5, 0.6) is 11.5 Å². The molecule has 0 aliphatic heterocycles. The number of nitrogens with two attached hydrogens (primary N) is 1. The predicted octanol–water partition coefficient (Wildman–Crippen LogP) is 7.54. The van der Waals surface area contributed by atoms with Crippen molar-refractivity contribution in [3.05, 3.63) is 131 Å². The molecule has 1 aliphatic rings. The summed E-state index contributed by atoms with van der Waals surface area (Å²) in [5, 5.41) is 5.50. The number of aliphatic imine (C=N–C) groups is 1. The van der Waals surface area contributed by atoms with Crippen molar-refractivity contribution in [2.75, 3.05) is 5.32 Å². The lowest BCUT2D eigenvalue weighted by molar-refractivity contribution is 0.256. The molecule has 3 N–H and O–H groups in total. The molecule has 38 heavy (non-hydrogen) atoms. The average molecular weight is 498 g/mol. The Morgan fingerprint density at radius 2 is 1.32 bits per heavy atom. The highest BCUT2D eigenvalue weighted by Crippen LogP contribution is 2.37. The van der Waals surface area contributed by atoms with Crippen LogP contribution in [0.1, 0.15) is 22.3 Å². The van der Waals surface area contributed by atoms with Gasteiger partial charge in [0.2, 0.25) is 0 Å². The molecule has 0 unspecified atom stereocenters. The van der Waals surface area contributed by atoms with E-state index < -0.39 is 0 Å². The van der Waals surface area contributed by atoms with Crippen LogP contribution in [0, 0.1) is 0 Å². The van der Waals surface area contributed by atoms with Crippen LogP contribution in [0.4, 0.5) is 11.4 Å². The van der Waals surface area contributed by atoms with Gasteiger partial charge in [-0.25, -0.2) is 4.99 Å². The summed E-state index contributed by atoms with van der Waals surface area (Å²) in [4.78, 5) is 4.70. The molecule has 0 amide bonds. The van der Waals surface area contributed by atoms with Crippen molar-refractivity contribution in [3.63, 3.8) is 0 Å². The van der Waals surface area contributed by atoms with E-state index in [9.17, 15) is 0 Å². The van der Waals surface area contributed by atoms with Crippen LogP contribution in [-0.4, -0.2) is 5.96 Å². The molecule has 0 bridgehead atoms. The van der Waals surface area contributed by atoms with Gasteiger partial charge in [0.15, 0.2) is 17.5 Å². The molecule has 0 saturated carbocycles. The Morgan fingerprint density at radius 3 is 2.03 bits per heavy atom. The van der Waals surface area contributed by atoms with Crippen molar-refractivity contribution >= 4 is 40.3 Å². The number of ether oxygens (including phenoxy) is 2. The highest BCUT2D eigenvalue weighted by Gasteiger charge is 2.12. The van der Waals surface area contributed by atoms with Crippen LogP contribution in [0.3, 0.4) is 0 Å². The van der Waals surface area contributed by atoms with Gasteiger partial charge in [0.05, 0.1) is 5.69 Å². The third-order valence-corrected chi connectivity index (χ3v) is 6.46. The molecule has 0 fully saturated rings. The first kappa shape index (κ1) is 23.4. The van der Waals surface area contributed by atoms with E-state index in [1.807, 2.05) is 91.0 Å². The second-order valence-corrected chi connectivity index (χ2v) is 9.11. The molecule has 1 aliphatic carbocycles. The third kappa shape index (κ3) is 5.08. The van der Waals surface area contributed by atoms with E-state index in [4.69, 9.17) is 20.2 Å². The van der Waals surface area contributed by atoms with E-state index in [0.29, 0.717) is 30.7 Å². The summed E-state index contributed by atoms with van der Waals surface area (Å²) in [7, 11) is 0. The van der Waals surface area contributed by atoms with Crippen molar-refractivity contribution in [3.8, 4) is 11.5 Å². The van der Waals surface area contributed by atoms with Crippen LogP contribution >= 0.6 is 0 Å². The van der Waals surface area contributed by atoms with Crippen molar-refractivity contribution in [2.45, 2.75) is 13.2 Å². The van der Waals surface area contributed by atoms with Crippen molar-refractivity contribution in [1.29, 1.82) is 0 Å². The van der Waals surface area contributed by atoms with E-state index in [0.717, 1.165) is 27.9 Å². The fourth-order valence-electron chi connectivity index (χ4n) is 4.60. The monoisotopic (exact) mass is 497 g/mol. The molecule has 5 nitrogen and oxygen atoms in total. The number of nitrogens with zero attached hydrogens (tertiary/aromatic N) is 1. The molecule has 5 aromatic rings. The number of anilines is 1. The molecular weight excluding hydrogens is 470 g/mol. The van der Waals surface area contributed by atoms with Gasteiger partial charge in [-0.05, 0) is 45.8 Å². The summed E-state index contributed by atoms with van der Waals surface area (Å²) in [5.41, 5.74) is 12.5. The number of guanidine groups is 1. The quantitative estimate of drug-likeness (QED) is 0.168. The molecule has 0 spiro atoms. The summed E-state index contributed by atoms with van der Waals surface area (Å²) in [6.45, 7) is 0.864. The number of rotatable bonds is 8. The first-order chi connectivity index (χ1) is 18.7. The molecule has 186 valence electrons. The molecule has 0 atom stereocenters. The Labute approximate surface area is 221 Å². The Bertz CT molecular complexity index is 1630. The third-order valence-electron chi connectivity index (χ3n) is 6.46. The minimum Gasteiger partial charge on any atom is -0.485 e.